The van der Waals surface area contributed by atoms with Crippen molar-refractivity contribution in [3.8, 4) is 0 Å². The third kappa shape index (κ3) is 3.05. The summed E-state index contributed by atoms with van der Waals surface area (Å²) >= 11 is 0. The first-order valence-electron chi connectivity index (χ1n) is 7.38. The molecule has 0 radical (unpaired) electrons. The molecule has 0 aromatic heterocycles. The van der Waals surface area contributed by atoms with Gasteiger partial charge in [0, 0.05) is 31.6 Å². The van der Waals surface area contributed by atoms with E-state index >= 15 is 0 Å². The smallest absolute Gasteiger partial charge is 0.218 e. The molecule has 2 heterocycles. The number of hydrogen-bond acceptors (Lipinski definition) is 3. The van der Waals surface area contributed by atoms with E-state index in [4.69, 9.17) is 0 Å². The van der Waals surface area contributed by atoms with Gasteiger partial charge in [0.05, 0.1) is 5.75 Å². The lowest BCUT2D eigenvalue weighted by Gasteiger charge is -2.47. The Morgan fingerprint density at radius 3 is 2.57 bits per heavy atom. The topological polar surface area (TPSA) is 40.6 Å². The van der Waals surface area contributed by atoms with E-state index in [9.17, 15) is 8.42 Å². The second-order valence-corrected chi connectivity index (χ2v) is 8.25. The van der Waals surface area contributed by atoms with Crippen LogP contribution in [0.5, 0.6) is 0 Å². The lowest BCUT2D eigenvalue weighted by molar-refractivity contribution is 0.0794. The van der Waals surface area contributed by atoms with Crippen LogP contribution in [0.2, 0.25) is 0 Å². The van der Waals surface area contributed by atoms with Crippen molar-refractivity contribution in [2.45, 2.75) is 12.2 Å². The summed E-state index contributed by atoms with van der Waals surface area (Å²) < 4.78 is 26.5. The SMILES string of the molecule is C=CCN1CCC2(C1)CN(S(=O)(=O)Cc1ccccc1)C2. The Balaban J connectivity index is 1.59. The van der Waals surface area contributed by atoms with Gasteiger partial charge >= 0.3 is 0 Å². The Hall–Kier alpha value is -1.17. The highest BCUT2D eigenvalue weighted by molar-refractivity contribution is 7.88. The number of rotatable bonds is 5. The Morgan fingerprint density at radius 2 is 1.90 bits per heavy atom. The van der Waals surface area contributed by atoms with Crippen LogP contribution in [0.25, 0.3) is 0 Å². The standard InChI is InChI=1S/C16H22N2O2S/c1-2-9-17-10-8-16(12-17)13-18(14-16)21(19,20)11-15-6-4-3-5-7-15/h2-7H,1,8-14H2. The Labute approximate surface area is 127 Å². The molecule has 2 saturated heterocycles. The van der Waals surface area contributed by atoms with E-state index in [1.807, 2.05) is 36.4 Å². The molecule has 0 amide bonds. The molecule has 1 aromatic rings. The molecule has 0 saturated carbocycles. The van der Waals surface area contributed by atoms with Crippen molar-refractivity contribution in [3.05, 3.63) is 48.6 Å². The van der Waals surface area contributed by atoms with Crippen LogP contribution in [-0.2, 0) is 15.8 Å². The van der Waals surface area contributed by atoms with Crippen molar-refractivity contribution in [3.63, 3.8) is 0 Å². The predicted octanol–water partition coefficient (Wildman–Crippen LogP) is 1.71. The van der Waals surface area contributed by atoms with Gasteiger partial charge in [-0.1, -0.05) is 36.4 Å². The maximum atomic E-state index is 12.4. The third-order valence-electron chi connectivity index (χ3n) is 4.51. The van der Waals surface area contributed by atoms with Gasteiger partial charge in [0.1, 0.15) is 0 Å². The Kier molecular flexibility index (Phi) is 3.90. The summed E-state index contributed by atoms with van der Waals surface area (Å²) in [6.45, 7) is 8.07. The molecular formula is C16H22N2O2S. The number of hydrogen-bond donors (Lipinski definition) is 0. The van der Waals surface area contributed by atoms with Crippen LogP contribution in [0, 0.1) is 5.41 Å². The molecule has 0 aliphatic carbocycles. The lowest BCUT2D eigenvalue weighted by Crippen LogP contribution is -2.59. The first-order valence-corrected chi connectivity index (χ1v) is 8.99. The zero-order valence-electron chi connectivity index (χ0n) is 12.2. The normalized spacial score (nSPS) is 22.3. The zero-order chi connectivity index (χ0) is 14.9. The van der Waals surface area contributed by atoms with E-state index in [1.165, 1.54) is 0 Å². The molecule has 2 aliphatic heterocycles. The van der Waals surface area contributed by atoms with Crippen LogP contribution in [-0.4, -0.2) is 50.3 Å². The van der Waals surface area contributed by atoms with Crippen molar-refractivity contribution in [2.24, 2.45) is 5.41 Å². The number of nitrogens with zero attached hydrogens (tertiary/aromatic N) is 2. The van der Waals surface area contributed by atoms with E-state index in [-0.39, 0.29) is 11.2 Å². The van der Waals surface area contributed by atoms with Gasteiger partial charge in [0.25, 0.3) is 0 Å². The van der Waals surface area contributed by atoms with Crippen molar-refractivity contribution in [1.82, 2.24) is 9.21 Å². The minimum Gasteiger partial charge on any atom is -0.299 e. The highest BCUT2D eigenvalue weighted by atomic mass is 32.2. The molecule has 0 unspecified atom stereocenters. The summed E-state index contributed by atoms with van der Waals surface area (Å²) in [5, 5.41) is 0. The summed E-state index contributed by atoms with van der Waals surface area (Å²) in [6.07, 6.45) is 3.01. The Morgan fingerprint density at radius 1 is 1.19 bits per heavy atom. The summed E-state index contributed by atoms with van der Waals surface area (Å²) in [6, 6.07) is 9.41. The number of sulfonamides is 1. The second-order valence-electron chi connectivity index (χ2n) is 6.28. The predicted molar refractivity (Wildman–Crippen MR) is 84.3 cm³/mol. The van der Waals surface area contributed by atoms with Gasteiger partial charge in [-0.25, -0.2) is 12.7 Å². The van der Waals surface area contributed by atoms with E-state index in [2.05, 4.69) is 11.5 Å². The van der Waals surface area contributed by atoms with Gasteiger partial charge in [-0.3, -0.25) is 4.90 Å². The quantitative estimate of drug-likeness (QED) is 0.778. The summed E-state index contributed by atoms with van der Waals surface area (Å²) in [5.41, 5.74) is 1.05. The van der Waals surface area contributed by atoms with Crippen molar-refractivity contribution >= 4 is 10.0 Å². The molecule has 1 aromatic carbocycles. The first-order chi connectivity index (χ1) is 10.0. The van der Waals surface area contributed by atoms with Crippen LogP contribution in [0.3, 0.4) is 0 Å². The number of likely N-dealkylation sites (tertiary alicyclic amines) is 1. The van der Waals surface area contributed by atoms with Gasteiger partial charge in [-0.05, 0) is 18.5 Å². The molecule has 0 N–H and O–H groups in total. The van der Waals surface area contributed by atoms with Gasteiger partial charge in [-0.15, -0.1) is 6.58 Å². The maximum absolute atomic E-state index is 12.4. The van der Waals surface area contributed by atoms with Crippen molar-refractivity contribution in [1.29, 1.82) is 0 Å². The van der Waals surface area contributed by atoms with Crippen LogP contribution >= 0.6 is 0 Å². The summed E-state index contributed by atoms with van der Waals surface area (Å²) in [5.74, 6) is 0.111. The fourth-order valence-electron chi connectivity index (χ4n) is 3.40. The van der Waals surface area contributed by atoms with Crippen LogP contribution < -0.4 is 0 Å². The first kappa shape index (κ1) is 14.8. The minimum atomic E-state index is -3.18. The molecular weight excluding hydrogens is 284 g/mol. The summed E-state index contributed by atoms with van der Waals surface area (Å²) in [7, 11) is -3.18. The van der Waals surface area contributed by atoms with E-state index in [1.54, 1.807) is 4.31 Å². The molecule has 3 rings (SSSR count). The average Bonchev–Trinajstić information content (AvgIpc) is 2.83. The van der Waals surface area contributed by atoms with Crippen LogP contribution in [0.15, 0.2) is 43.0 Å². The molecule has 4 nitrogen and oxygen atoms in total. The van der Waals surface area contributed by atoms with Gasteiger partial charge < -0.3 is 0 Å². The largest absolute Gasteiger partial charge is 0.299 e. The van der Waals surface area contributed by atoms with Gasteiger partial charge in [-0.2, -0.15) is 0 Å². The van der Waals surface area contributed by atoms with Gasteiger partial charge in [0.15, 0.2) is 0 Å². The van der Waals surface area contributed by atoms with E-state index < -0.39 is 10.0 Å². The zero-order valence-corrected chi connectivity index (χ0v) is 13.1. The molecule has 0 atom stereocenters. The molecule has 2 aliphatic rings. The summed E-state index contributed by atoms with van der Waals surface area (Å²) in [4.78, 5) is 2.36. The lowest BCUT2D eigenvalue weighted by atomic mass is 9.81. The molecule has 5 heteroatoms. The molecule has 1 spiro atoms. The molecule has 2 fully saturated rings. The maximum Gasteiger partial charge on any atom is 0.218 e. The number of benzene rings is 1. The second kappa shape index (κ2) is 5.55. The monoisotopic (exact) mass is 306 g/mol. The molecule has 114 valence electrons. The minimum absolute atomic E-state index is 0.111. The highest BCUT2D eigenvalue weighted by Crippen LogP contribution is 2.41. The van der Waals surface area contributed by atoms with Crippen molar-refractivity contribution < 1.29 is 8.42 Å². The van der Waals surface area contributed by atoms with E-state index in [0.29, 0.717) is 13.1 Å². The molecule has 21 heavy (non-hydrogen) atoms. The fourth-order valence-corrected chi connectivity index (χ4v) is 5.14. The van der Waals surface area contributed by atoms with Gasteiger partial charge in [0.2, 0.25) is 10.0 Å². The van der Waals surface area contributed by atoms with Crippen LogP contribution in [0.1, 0.15) is 12.0 Å². The highest BCUT2D eigenvalue weighted by Gasteiger charge is 2.50. The van der Waals surface area contributed by atoms with Crippen LogP contribution in [0.4, 0.5) is 0 Å². The average molecular weight is 306 g/mol. The fraction of sp³-hybridized carbons (Fsp3) is 0.500. The Bertz CT molecular complexity index is 606. The molecule has 0 bridgehead atoms. The third-order valence-corrected chi connectivity index (χ3v) is 6.26. The van der Waals surface area contributed by atoms with Crippen molar-refractivity contribution in [2.75, 3.05) is 32.7 Å². The van der Waals surface area contributed by atoms with E-state index in [0.717, 1.165) is 31.6 Å².